The number of nitrogens with two attached hydrogens (primary N) is 4. The molecule has 440 valence electrons. The maximum absolute atomic E-state index is 14.2. The van der Waals surface area contributed by atoms with Crippen LogP contribution in [0.25, 0.3) is 0 Å². The standard InChI is InChI=1S/C46H74N16O17/c1-20(54-40(73)29-9-6-14-61(29)43(76)33(48)21(2)63)36(69)59-34(22(3)64)42(75)58-27(16-24-18-51-19-53-24)38(71)57-28(17-31(47)66)39(72)55-25(8-5-13-52-46(49)50)37(70)60-35(23(4)65)44(77)62-15-7-10-30(62)41(74)56-26(45(78)79)11-12-32(67)68/h18-23,25-30,33-35,63-65H,5-17,48H2,1-4H3,(H2,47,66)(H,51,53)(H,54,73)(H,55,72)(H,56,74)(H,57,71)(H,58,75)(H,59,69)(H,60,70)(H,67,68)(H,78,79)(H4,49,50,52)/t20-,21+,22+,23+,25-,26-,27-,28-,29-,30-,33-,34-,35-/m0/s1. The van der Waals surface area contributed by atoms with E-state index in [0.29, 0.717) is 6.42 Å². The van der Waals surface area contributed by atoms with Crippen molar-refractivity contribution in [2.45, 2.75) is 171 Å². The summed E-state index contributed by atoms with van der Waals surface area (Å²) in [5.41, 5.74) is 22.4. The first-order valence-corrected chi connectivity index (χ1v) is 25.3. The van der Waals surface area contributed by atoms with Crippen LogP contribution in [0.15, 0.2) is 17.5 Å². The maximum Gasteiger partial charge on any atom is 0.326 e. The van der Waals surface area contributed by atoms with E-state index in [-0.39, 0.29) is 69.8 Å². The molecular weight excluding hydrogens is 1050 g/mol. The molecule has 33 heteroatoms. The molecule has 10 amide bonds. The van der Waals surface area contributed by atoms with Gasteiger partial charge < -0.3 is 100 Å². The van der Waals surface area contributed by atoms with Gasteiger partial charge in [0.15, 0.2) is 5.96 Å². The van der Waals surface area contributed by atoms with Crippen molar-refractivity contribution in [3.8, 4) is 0 Å². The van der Waals surface area contributed by atoms with E-state index in [1.54, 1.807) is 0 Å². The molecule has 1 aromatic heterocycles. The molecule has 79 heavy (non-hydrogen) atoms. The molecule has 0 saturated carbocycles. The lowest BCUT2D eigenvalue weighted by molar-refractivity contribution is -0.146. The number of carbonyl (C=O) groups is 12. The second-order valence-electron chi connectivity index (χ2n) is 19.2. The minimum absolute atomic E-state index is 0.0259. The number of H-pyrrole nitrogens is 1. The SMILES string of the molecule is C[C@H](NC(=O)[C@@H]1CCCN1C(=O)[C@@H](N)[C@@H](C)O)C(=O)N[C@H](C(=O)N[C@@H](Cc1cnc[nH]1)C(=O)N[C@@H](CC(N)=O)C(=O)N[C@@H](CCCN=C(N)N)C(=O)N[C@H](C(=O)N1CCC[C@H]1C(=O)N[C@@H](CCC(=O)O)C(=O)O)[C@@H](C)O)[C@@H](C)O. The number of aliphatic hydroxyl groups excluding tert-OH is 3. The van der Waals surface area contributed by atoms with E-state index in [1.165, 1.54) is 31.3 Å². The number of aromatic nitrogens is 2. The molecule has 2 saturated heterocycles. The first-order chi connectivity index (χ1) is 37.0. The highest BCUT2D eigenvalue weighted by atomic mass is 16.4. The molecule has 2 aliphatic heterocycles. The molecule has 0 unspecified atom stereocenters. The van der Waals surface area contributed by atoms with Crippen molar-refractivity contribution >= 4 is 77.0 Å². The summed E-state index contributed by atoms with van der Waals surface area (Å²) in [6.07, 6.45) is -3.79. The van der Waals surface area contributed by atoms with Gasteiger partial charge in [-0.15, -0.1) is 0 Å². The molecule has 0 bridgehead atoms. The van der Waals surface area contributed by atoms with Gasteiger partial charge in [-0.2, -0.15) is 0 Å². The number of aliphatic imine (C=N–C) groups is 1. The molecule has 3 heterocycles. The van der Waals surface area contributed by atoms with E-state index in [0.717, 1.165) is 18.7 Å². The van der Waals surface area contributed by atoms with Crippen LogP contribution >= 0.6 is 0 Å². The summed E-state index contributed by atoms with van der Waals surface area (Å²) in [7, 11) is 0. The fourth-order valence-corrected chi connectivity index (χ4v) is 8.49. The van der Waals surface area contributed by atoms with Crippen LogP contribution in [0, 0.1) is 0 Å². The molecule has 0 aliphatic carbocycles. The molecule has 13 atom stereocenters. The number of carbonyl (C=O) groups excluding carboxylic acids is 10. The summed E-state index contributed by atoms with van der Waals surface area (Å²) < 4.78 is 0. The molecule has 2 fully saturated rings. The number of rotatable bonds is 31. The number of amides is 10. The number of nitrogens with one attached hydrogen (secondary N) is 8. The highest BCUT2D eigenvalue weighted by Crippen LogP contribution is 2.21. The largest absolute Gasteiger partial charge is 0.481 e. The zero-order chi connectivity index (χ0) is 59.4. The average Bonchev–Trinajstić information content (AvgIpc) is 4.19. The lowest BCUT2D eigenvalue weighted by Gasteiger charge is -2.31. The van der Waals surface area contributed by atoms with Gasteiger partial charge in [-0.1, -0.05) is 0 Å². The third-order valence-corrected chi connectivity index (χ3v) is 12.8. The maximum atomic E-state index is 14.2. The molecule has 2 aliphatic rings. The number of hydrogen-bond acceptors (Lipinski definition) is 18. The van der Waals surface area contributed by atoms with Crippen molar-refractivity contribution in [2.24, 2.45) is 27.9 Å². The van der Waals surface area contributed by atoms with E-state index >= 15 is 0 Å². The van der Waals surface area contributed by atoms with Crippen LogP contribution in [0.2, 0.25) is 0 Å². The van der Waals surface area contributed by atoms with Crippen molar-refractivity contribution in [1.29, 1.82) is 0 Å². The molecule has 0 radical (unpaired) electrons. The molecule has 0 aromatic carbocycles. The number of hydrogen-bond donors (Lipinski definition) is 17. The Morgan fingerprint density at radius 1 is 0.658 bits per heavy atom. The van der Waals surface area contributed by atoms with Gasteiger partial charge in [-0.25, -0.2) is 9.78 Å². The Labute approximate surface area is 452 Å². The summed E-state index contributed by atoms with van der Waals surface area (Å²) in [4.78, 5) is 171. The van der Waals surface area contributed by atoms with Gasteiger partial charge in [0.2, 0.25) is 59.1 Å². The summed E-state index contributed by atoms with van der Waals surface area (Å²) in [6, 6.07) is -15.5. The number of guanidine groups is 1. The first kappa shape index (κ1) is 65.2. The number of nitrogens with zero attached hydrogens (tertiary/aromatic N) is 4. The van der Waals surface area contributed by atoms with Crippen molar-refractivity contribution in [1.82, 2.24) is 57.0 Å². The van der Waals surface area contributed by atoms with Crippen LogP contribution in [0.3, 0.4) is 0 Å². The Bertz CT molecular complexity index is 2380. The first-order valence-electron chi connectivity index (χ1n) is 25.3. The van der Waals surface area contributed by atoms with Gasteiger partial charge >= 0.3 is 11.9 Å². The van der Waals surface area contributed by atoms with Crippen molar-refractivity contribution in [3.63, 3.8) is 0 Å². The predicted octanol–water partition coefficient (Wildman–Crippen LogP) is -8.30. The van der Waals surface area contributed by atoms with Gasteiger partial charge in [0.1, 0.15) is 60.4 Å². The monoisotopic (exact) mass is 1120 g/mol. The summed E-state index contributed by atoms with van der Waals surface area (Å²) in [6.45, 7) is 4.82. The van der Waals surface area contributed by atoms with Crippen molar-refractivity contribution in [3.05, 3.63) is 18.2 Å². The van der Waals surface area contributed by atoms with Gasteiger partial charge in [-0.05, 0) is 72.6 Å². The number of primary amides is 1. The Kier molecular flexibility index (Phi) is 25.4. The quantitative estimate of drug-likeness (QED) is 0.0186. The zero-order valence-corrected chi connectivity index (χ0v) is 44.1. The lowest BCUT2D eigenvalue weighted by atomic mass is 10.0. The smallest absolute Gasteiger partial charge is 0.326 e. The van der Waals surface area contributed by atoms with Gasteiger partial charge in [0, 0.05) is 44.4 Å². The molecule has 33 nitrogen and oxygen atoms in total. The van der Waals surface area contributed by atoms with Crippen LogP contribution in [0.1, 0.15) is 91.2 Å². The molecule has 21 N–H and O–H groups in total. The van der Waals surface area contributed by atoms with E-state index in [9.17, 15) is 78.0 Å². The molecular formula is C46H74N16O17. The van der Waals surface area contributed by atoms with Crippen LogP contribution in [0.5, 0.6) is 0 Å². The fourth-order valence-electron chi connectivity index (χ4n) is 8.49. The number of carboxylic acids is 2. The van der Waals surface area contributed by atoms with Gasteiger partial charge in [0.05, 0.1) is 31.1 Å². The Morgan fingerprint density at radius 3 is 1.71 bits per heavy atom. The van der Waals surface area contributed by atoms with E-state index in [2.05, 4.69) is 52.2 Å². The van der Waals surface area contributed by atoms with Crippen LogP contribution in [-0.4, -0.2) is 221 Å². The predicted molar refractivity (Wildman–Crippen MR) is 272 cm³/mol. The number of carboxylic acid groups (broad SMARTS) is 2. The average molecular weight is 1120 g/mol. The Hall–Kier alpha value is -8.04. The fraction of sp³-hybridized carbons (Fsp3) is 0.652. The van der Waals surface area contributed by atoms with Crippen molar-refractivity contribution < 1.29 is 83.1 Å². The highest BCUT2D eigenvalue weighted by Gasteiger charge is 2.43. The number of likely N-dealkylation sites (tertiary alicyclic amines) is 2. The number of aliphatic hydroxyl groups is 3. The summed E-state index contributed by atoms with van der Waals surface area (Å²) in [5, 5.41) is 66.4. The van der Waals surface area contributed by atoms with Crippen molar-refractivity contribution in [2.75, 3.05) is 19.6 Å². The Balaban J connectivity index is 1.84. The second kappa shape index (κ2) is 30.8. The summed E-state index contributed by atoms with van der Waals surface area (Å²) in [5.74, 6) is -13.3. The third-order valence-electron chi connectivity index (χ3n) is 12.8. The van der Waals surface area contributed by atoms with E-state index in [4.69, 9.17) is 28.0 Å². The topological polar surface area (TPSA) is 542 Å². The third kappa shape index (κ3) is 20.0. The second-order valence-corrected chi connectivity index (χ2v) is 19.2. The number of aliphatic carboxylic acids is 2. The Morgan fingerprint density at radius 2 is 1.19 bits per heavy atom. The number of imidazole rings is 1. The normalized spacial score (nSPS) is 19.2. The van der Waals surface area contributed by atoms with Gasteiger partial charge in [0.25, 0.3) is 0 Å². The van der Waals surface area contributed by atoms with Crippen LogP contribution in [-0.2, 0) is 64.0 Å². The summed E-state index contributed by atoms with van der Waals surface area (Å²) >= 11 is 0. The lowest BCUT2D eigenvalue weighted by Crippen LogP contribution is -2.62. The van der Waals surface area contributed by atoms with E-state index in [1.807, 2.05) is 0 Å². The minimum atomic E-state index is -1.90. The minimum Gasteiger partial charge on any atom is -0.481 e. The number of aromatic amines is 1. The van der Waals surface area contributed by atoms with Crippen LogP contribution < -0.4 is 60.2 Å². The molecule has 3 rings (SSSR count). The highest BCUT2D eigenvalue weighted by molar-refractivity contribution is 6.00. The van der Waals surface area contributed by atoms with E-state index < -0.39 is 169 Å². The molecule has 1 aromatic rings. The van der Waals surface area contributed by atoms with Gasteiger partial charge in [-0.3, -0.25) is 57.7 Å². The van der Waals surface area contributed by atoms with Crippen LogP contribution in [0.4, 0.5) is 0 Å². The molecule has 0 spiro atoms. The zero-order valence-electron chi connectivity index (χ0n) is 44.1.